The van der Waals surface area contributed by atoms with Gasteiger partial charge in [0.25, 0.3) is 0 Å². The summed E-state index contributed by atoms with van der Waals surface area (Å²) in [6.07, 6.45) is 2.09. The highest BCUT2D eigenvalue weighted by atomic mass is 16.5. The molecule has 0 radical (unpaired) electrons. The van der Waals surface area contributed by atoms with Gasteiger partial charge in [0, 0.05) is 72.5 Å². The van der Waals surface area contributed by atoms with E-state index in [-0.39, 0.29) is 0 Å². The molecule has 4 heterocycles. The largest absolute Gasteiger partial charge is 0.493 e. The molecule has 0 aliphatic carbocycles. The summed E-state index contributed by atoms with van der Waals surface area (Å²) in [5.41, 5.74) is 8.63. The van der Waals surface area contributed by atoms with Crippen molar-refractivity contribution in [2.45, 2.75) is 39.3 Å². The van der Waals surface area contributed by atoms with E-state index in [1.165, 1.54) is 5.69 Å². The Morgan fingerprint density at radius 2 is 1.59 bits per heavy atom. The average Bonchev–Trinajstić information content (AvgIpc) is 3.66. The van der Waals surface area contributed by atoms with E-state index >= 15 is 0 Å². The number of para-hydroxylation sites is 1. The molecule has 0 spiro atoms. The van der Waals surface area contributed by atoms with Gasteiger partial charge in [-0.3, -0.25) is 5.10 Å². The molecule has 1 saturated heterocycles. The fraction of sp³-hybridized carbons (Fsp3) is 0.300. The van der Waals surface area contributed by atoms with E-state index in [2.05, 4.69) is 90.5 Å². The number of nitrogens with one attached hydrogen (secondary N) is 2. The Morgan fingerprint density at radius 3 is 2.41 bits per heavy atom. The normalized spacial score (nSPS) is 15.0. The lowest BCUT2D eigenvalue weighted by Gasteiger charge is -2.31. The van der Waals surface area contributed by atoms with Gasteiger partial charge in [-0.05, 0) is 67.5 Å². The number of H-pyrrole nitrogens is 1. The summed E-state index contributed by atoms with van der Waals surface area (Å²) in [6, 6.07) is 29.4. The van der Waals surface area contributed by atoms with E-state index in [0.717, 1.165) is 100 Å². The average molecular weight is 655 g/mol. The number of hydrogen-bond donors (Lipinski definition) is 3. The Kier molecular flexibility index (Phi) is 8.43. The maximum absolute atomic E-state index is 13.1. The summed E-state index contributed by atoms with van der Waals surface area (Å²) in [7, 11) is 0. The van der Waals surface area contributed by atoms with Gasteiger partial charge in [0.2, 0.25) is 0 Å². The molecule has 0 unspecified atom stereocenters. The summed E-state index contributed by atoms with van der Waals surface area (Å²) in [5, 5.41) is 25.4. The molecule has 0 amide bonds. The third kappa shape index (κ3) is 5.88. The third-order valence-electron chi connectivity index (χ3n) is 10.1. The molecule has 9 nitrogen and oxygen atoms in total. The number of carboxylic acid groups (broad SMARTS) is 1. The number of aryl methyl sites for hydroxylation is 3. The number of aromatic carboxylic acids is 1. The van der Waals surface area contributed by atoms with Gasteiger partial charge in [-0.2, -0.15) is 5.10 Å². The number of carboxylic acids is 1. The highest BCUT2D eigenvalue weighted by Crippen LogP contribution is 2.39. The van der Waals surface area contributed by atoms with Gasteiger partial charge in [-0.25, -0.2) is 4.79 Å². The van der Waals surface area contributed by atoms with Crippen LogP contribution in [-0.2, 0) is 19.5 Å². The molecule has 9 heteroatoms. The zero-order valence-electron chi connectivity index (χ0n) is 27.9. The molecule has 49 heavy (non-hydrogen) atoms. The third-order valence-corrected chi connectivity index (χ3v) is 10.1. The van der Waals surface area contributed by atoms with Gasteiger partial charge >= 0.3 is 5.97 Å². The van der Waals surface area contributed by atoms with Crippen LogP contribution in [0.1, 0.15) is 40.3 Å². The zero-order valence-corrected chi connectivity index (χ0v) is 27.9. The number of rotatable bonds is 8. The standard InChI is InChI=1S/C40H42N6O3/c1-27-37-34-12-5-11-32-33(13-6-25-49-36-14-4-9-28-8-2-3-10-31(28)36)39(40(47)48)46(38(32)34)22-7-21-45(26-35(37)43-42-27)30-17-15-29(16-18-30)44-23-19-41-20-24-44/h2-5,8-12,14-18,41H,6-7,13,19-26H2,1H3,(H,42,43)(H,47,48). The fourth-order valence-corrected chi connectivity index (χ4v) is 7.82. The van der Waals surface area contributed by atoms with Crippen LogP contribution in [-0.4, -0.2) is 65.2 Å². The molecule has 2 aliphatic rings. The second-order valence-corrected chi connectivity index (χ2v) is 13.1. The summed E-state index contributed by atoms with van der Waals surface area (Å²) in [4.78, 5) is 17.9. The molecule has 3 N–H and O–H groups in total. The minimum absolute atomic E-state index is 0.378. The van der Waals surface area contributed by atoms with Gasteiger partial charge in [0.1, 0.15) is 11.4 Å². The first-order chi connectivity index (χ1) is 24.1. The van der Waals surface area contributed by atoms with Crippen molar-refractivity contribution in [3.05, 3.63) is 108 Å². The van der Waals surface area contributed by atoms with Crippen molar-refractivity contribution in [3.63, 3.8) is 0 Å². The number of benzene rings is 4. The van der Waals surface area contributed by atoms with Crippen LogP contribution < -0.4 is 19.9 Å². The molecular formula is C40H42N6O3. The molecule has 0 atom stereocenters. The number of carbonyl (C=O) groups is 1. The minimum atomic E-state index is -0.895. The van der Waals surface area contributed by atoms with Gasteiger partial charge in [0.05, 0.1) is 30.1 Å². The molecule has 0 bridgehead atoms. The first-order valence-corrected chi connectivity index (χ1v) is 17.4. The van der Waals surface area contributed by atoms with Crippen molar-refractivity contribution in [2.24, 2.45) is 0 Å². The second-order valence-electron chi connectivity index (χ2n) is 13.1. The number of aromatic nitrogens is 3. The Bertz CT molecular complexity index is 2120. The zero-order chi connectivity index (χ0) is 33.3. The summed E-state index contributed by atoms with van der Waals surface area (Å²) >= 11 is 0. The fourth-order valence-electron chi connectivity index (χ4n) is 7.82. The van der Waals surface area contributed by atoms with Crippen molar-refractivity contribution in [2.75, 3.05) is 49.1 Å². The highest BCUT2D eigenvalue weighted by Gasteiger charge is 2.27. The minimum Gasteiger partial charge on any atom is -0.493 e. The van der Waals surface area contributed by atoms with Crippen LogP contribution in [0.5, 0.6) is 5.75 Å². The van der Waals surface area contributed by atoms with E-state index in [1.807, 2.05) is 31.2 Å². The van der Waals surface area contributed by atoms with Gasteiger partial charge in [0.15, 0.2) is 0 Å². The Balaban J connectivity index is 1.11. The van der Waals surface area contributed by atoms with Crippen molar-refractivity contribution >= 4 is 39.0 Å². The lowest BCUT2D eigenvalue weighted by molar-refractivity contribution is 0.0684. The summed E-state index contributed by atoms with van der Waals surface area (Å²) in [6.45, 7) is 8.61. The maximum atomic E-state index is 13.1. The SMILES string of the molecule is Cc1n[nH]c2c1-c1cccc3c(CCCOc4cccc5ccccc45)c(C(=O)O)n(c13)CCCN(c1ccc(N3CCNCC3)cc1)C2. The first kappa shape index (κ1) is 31.0. The molecule has 1 fully saturated rings. The molecule has 0 saturated carbocycles. The molecular weight excluding hydrogens is 612 g/mol. The molecule has 6 aromatic rings. The number of aromatic amines is 1. The lowest BCUT2D eigenvalue weighted by Crippen LogP contribution is -2.43. The molecule has 2 aliphatic heterocycles. The number of fused-ring (bicyclic) bond motifs is 3. The predicted molar refractivity (Wildman–Crippen MR) is 196 cm³/mol. The number of ether oxygens (including phenoxy) is 1. The van der Waals surface area contributed by atoms with E-state index in [4.69, 9.17) is 4.74 Å². The number of nitrogens with zero attached hydrogens (tertiary/aromatic N) is 4. The van der Waals surface area contributed by atoms with Gasteiger partial charge in [-0.1, -0.05) is 54.6 Å². The Hall–Kier alpha value is -5.28. The van der Waals surface area contributed by atoms with Crippen LogP contribution in [0.25, 0.3) is 32.8 Å². The van der Waals surface area contributed by atoms with Crippen LogP contribution in [0.15, 0.2) is 84.9 Å². The van der Waals surface area contributed by atoms with Gasteiger partial charge < -0.3 is 29.5 Å². The van der Waals surface area contributed by atoms with E-state index in [0.29, 0.717) is 38.2 Å². The van der Waals surface area contributed by atoms with Crippen molar-refractivity contribution < 1.29 is 14.6 Å². The summed E-state index contributed by atoms with van der Waals surface area (Å²) in [5.74, 6) is -0.0423. The summed E-state index contributed by atoms with van der Waals surface area (Å²) < 4.78 is 8.32. The van der Waals surface area contributed by atoms with Crippen molar-refractivity contribution in [1.82, 2.24) is 20.1 Å². The monoisotopic (exact) mass is 654 g/mol. The van der Waals surface area contributed by atoms with Crippen LogP contribution in [0, 0.1) is 6.92 Å². The number of anilines is 2. The number of hydrogen-bond acceptors (Lipinski definition) is 6. The second kappa shape index (κ2) is 13.3. The highest BCUT2D eigenvalue weighted by molar-refractivity contribution is 6.04. The molecule has 4 aromatic carbocycles. The van der Waals surface area contributed by atoms with Crippen LogP contribution >= 0.6 is 0 Å². The molecule has 2 aromatic heterocycles. The Labute approximate surface area is 286 Å². The number of piperazine rings is 1. The van der Waals surface area contributed by atoms with Gasteiger partial charge in [-0.15, -0.1) is 0 Å². The van der Waals surface area contributed by atoms with E-state index < -0.39 is 5.97 Å². The first-order valence-electron chi connectivity index (χ1n) is 17.4. The van der Waals surface area contributed by atoms with E-state index in [1.54, 1.807) is 0 Å². The van der Waals surface area contributed by atoms with Crippen LogP contribution in [0.3, 0.4) is 0 Å². The Morgan fingerprint density at radius 1 is 0.857 bits per heavy atom. The quantitative estimate of drug-likeness (QED) is 0.152. The van der Waals surface area contributed by atoms with Crippen LogP contribution in [0.4, 0.5) is 11.4 Å². The van der Waals surface area contributed by atoms with Crippen LogP contribution in [0.2, 0.25) is 0 Å². The lowest BCUT2D eigenvalue weighted by atomic mass is 9.98. The smallest absolute Gasteiger partial charge is 0.352 e. The van der Waals surface area contributed by atoms with E-state index in [9.17, 15) is 9.90 Å². The van der Waals surface area contributed by atoms with Crippen molar-refractivity contribution in [1.29, 1.82) is 0 Å². The topological polar surface area (TPSA) is 98.6 Å². The predicted octanol–water partition coefficient (Wildman–Crippen LogP) is 7.02. The molecule has 250 valence electrons. The maximum Gasteiger partial charge on any atom is 0.352 e. The van der Waals surface area contributed by atoms with Crippen molar-refractivity contribution in [3.8, 4) is 16.9 Å². The molecule has 8 rings (SSSR count).